The Bertz CT molecular complexity index is 243. The van der Waals surface area contributed by atoms with Crippen LogP contribution in [0.4, 0.5) is 4.39 Å². The minimum Gasteiger partial charge on any atom is -0.317 e. The van der Waals surface area contributed by atoms with Gasteiger partial charge >= 0.3 is 0 Å². The summed E-state index contributed by atoms with van der Waals surface area (Å²) in [5, 5.41) is 2.82. The van der Waals surface area contributed by atoms with E-state index in [4.69, 9.17) is 0 Å². The van der Waals surface area contributed by atoms with Gasteiger partial charge in [-0.3, -0.25) is 0 Å². The van der Waals surface area contributed by atoms with Gasteiger partial charge in [0.2, 0.25) is 0 Å². The molecule has 0 heterocycles. The molecule has 1 N–H and O–H groups in total. The predicted octanol–water partition coefficient (Wildman–Crippen LogP) is 2.48. The van der Waals surface area contributed by atoms with Crippen molar-refractivity contribution in [3.8, 4) is 0 Å². The molecule has 0 aliphatic heterocycles. The van der Waals surface area contributed by atoms with Crippen LogP contribution in [0.25, 0.3) is 0 Å². The van der Waals surface area contributed by atoms with Gasteiger partial charge in [0.15, 0.2) is 0 Å². The van der Waals surface area contributed by atoms with Gasteiger partial charge in [-0.15, -0.1) is 0 Å². The third kappa shape index (κ3) is 2.81. The van der Waals surface area contributed by atoms with Gasteiger partial charge in [-0.05, 0) is 24.6 Å². The van der Waals surface area contributed by atoms with Crippen molar-refractivity contribution in [2.45, 2.75) is 19.5 Å². The zero-order valence-electron chi connectivity index (χ0n) is 8.18. The second kappa shape index (κ2) is 4.97. The highest BCUT2D eigenvalue weighted by molar-refractivity contribution is 5.24. The smallest absolute Gasteiger partial charge is 0.137 e. The van der Waals surface area contributed by atoms with E-state index < -0.39 is 6.17 Å². The van der Waals surface area contributed by atoms with Crippen molar-refractivity contribution in [2.24, 2.45) is 0 Å². The first-order valence-corrected chi connectivity index (χ1v) is 4.65. The van der Waals surface area contributed by atoms with Gasteiger partial charge in [-0.1, -0.05) is 31.2 Å². The van der Waals surface area contributed by atoms with E-state index in [0.717, 1.165) is 12.0 Å². The highest BCUT2D eigenvalue weighted by Crippen LogP contribution is 2.16. The van der Waals surface area contributed by atoms with E-state index >= 15 is 0 Å². The SMILES string of the molecule is CCc1ccc(C(F)CNC)cc1. The van der Waals surface area contributed by atoms with Crippen LogP contribution in [0.15, 0.2) is 24.3 Å². The molecule has 0 bridgehead atoms. The van der Waals surface area contributed by atoms with Crippen LogP contribution in [0.5, 0.6) is 0 Å². The molecule has 1 atom stereocenters. The first-order chi connectivity index (χ1) is 6.27. The third-order valence-electron chi connectivity index (χ3n) is 2.13. The van der Waals surface area contributed by atoms with Gasteiger partial charge in [0.1, 0.15) is 6.17 Å². The van der Waals surface area contributed by atoms with Crippen LogP contribution in [0.3, 0.4) is 0 Å². The van der Waals surface area contributed by atoms with E-state index in [9.17, 15) is 4.39 Å². The van der Waals surface area contributed by atoms with Crippen molar-refractivity contribution >= 4 is 0 Å². The van der Waals surface area contributed by atoms with Gasteiger partial charge in [-0.2, -0.15) is 0 Å². The predicted molar refractivity (Wildman–Crippen MR) is 53.6 cm³/mol. The summed E-state index contributed by atoms with van der Waals surface area (Å²) in [5.74, 6) is 0. The second-order valence-corrected chi connectivity index (χ2v) is 3.12. The Kier molecular flexibility index (Phi) is 3.90. The summed E-state index contributed by atoms with van der Waals surface area (Å²) in [5.41, 5.74) is 2.01. The summed E-state index contributed by atoms with van der Waals surface area (Å²) in [6.45, 7) is 2.47. The maximum Gasteiger partial charge on any atom is 0.137 e. The van der Waals surface area contributed by atoms with Crippen LogP contribution in [0, 0.1) is 0 Å². The molecule has 0 saturated heterocycles. The summed E-state index contributed by atoms with van der Waals surface area (Å²) < 4.78 is 13.3. The molecule has 0 aliphatic carbocycles. The van der Waals surface area contributed by atoms with Crippen LogP contribution >= 0.6 is 0 Å². The van der Waals surface area contributed by atoms with Gasteiger partial charge < -0.3 is 5.32 Å². The first kappa shape index (κ1) is 10.2. The minimum absolute atomic E-state index is 0.380. The fraction of sp³-hybridized carbons (Fsp3) is 0.455. The molecule has 1 aromatic rings. The lowest BCUT2D eigenvalue weighted by Crippen LogP contribution is -2.13. The minimum atomic E-state index is -0.893. The number of nitrogens with one attached hydrogen (secondary N) is 1. The maximum absolute atomic E-state index is 13.3. The molecule has 0 fully saturated rings. The number of benzene rings is 1. The molecular formula is C11H16FN. The second-order valence-electron chi connectivity index (χ2n) is 3.12. The molecule has 0 spiro atoms. The quantitative estimate of drug-likeness (QED) is 0.752. The van der Waals surface area contributed by atoms with E-state index in [0.29, 0.717) is 6.54 Å². The molecule has 72 valence electrons. The molecule has 2 heteroatoms. The number of hydrogen-bond acceptors (Lipinski definition) is 1. The molecule has 0 amide bonds. The first-order valence-electron chi connectivity index (χ1n) is 4.65. The van der Waals surface area contributed by atoms with E-state index in [-0.39, 0.29) is 0 Å². The normalized spacial score (nSPS) is 12.8. The fourth-order valence-corrected chi connectivity index (χ4v) is 1.26. The largest absolute Gasteiger partial charge is 0.317 e. The molecule has 13 heavy (non-hydrogen) atoms. The molecule has 1 rings (SSSR count). The summed E-state index contributed by atoms with van der Waals surface area (Å²) in [6, 6.07) is 7.69. The van der Waals surface area contributed by atoms with E-state index in [1.54, 1.807) is 7.05 Å². The van der Waals surface area contributed by atoms with E-state index in [1.165, 1.54) is 5.56 Å². The lowest BCUT2D eigenvalue weighted by Gasteiger charge is -2.07. The summed E-state index contributed by atoms with van der Waals surface area (Å²) in [7, 11) is 1.76. The molecule has 1 unspecified atom stereocenters. The number of halogens is 1. The van der Waals surface area contributed by atoms with Crippen molar-refractivity contribution in [2.75, 3.05) is 13.6 Å². The summed E-state index contributed by atoms with van der Waals surface area (Å²) in [4.78, 5) is 0. The highest BCUT2D eigenvalue weighted by Gasteiger charge is 2.06. The molecule has 1 nitrogen and oxygen atoms in total. The molecule has 1 aromatic carbocycles. The number of hydrogen-bond donors (Lipinski definition) is 1. The Morgan fingerprint density at radius 2 is 1.92 bits per heavy atom. The monoisotopic (exact) mass is 181 g/mol. The topological polar surface area (TPSA) is 12.0 Å². The Balaban J connectivity index is 2.67. The number of likely N-dealkylation sites (N-methyl/N-ethyl adjacent to an activating group) is 1. The Hall–Kier alpha value is -0.890. The molecule has 0 saturated carbocycles. The molecule has 0 aliphatic rings. The zero-order chi connectivity index (χ0) is 9.68. The molecular weight excluding hydrogens is 165 g/mol. The van der Waals surface area contributed by atoms with E-state index in [2.05, 4.69) is 12.2 Å². The number of aryl methyl sites for hydroxylation is 1. The third-order valence-corrected chi connectivity index (χ3v) is 2.13. The van der Waals surface area contributed by atoms with Crippen LogP contribution in [0.1, 0.15) is 24.2 Å². The molecule has 0 aromatic heterocycles. The summed E-state index contributed by atoms with van der Waals surface area (Å²) >= 11 is 0. The van der Waals surface area contributed by atoms with Gasteiger partial charge in [-0.25, -0.2) is 4.39 Å². The van der Waals surface area contributed by atoms with Crippen molar-refractivity contribution < 1.29 is 4.39 Å². The number of alkyl halides is 1. The van der Waals surface area contributed by atoms with Crippen LogP contribution < -0.4 is 5.32 Å². The Morgan fingerprint density at radius 3 is 2.38 bits per heavy atom. The van der Waals surface area contributed by atoms with Crippen LogP contribution in [-0.4, -0.2) is 13.6 Å². The lowest BCUT2D eigenvalue weighted by molar-refractivity contribution is 0.335. The van der Waals surface area contributed by atoms with Gasteiger partial charge in [0.25, 0.3) is 0 Å². The average Bonchev–Trinajstić information content (AvgIpc) is 2.18. The fourth-order valence-electron chi connectivity index (χ4n) is 1.26. The Labute approximate surface area is 79.0 Å². The maximum atomic E-state index is 13.3. The van der Waals surface area contributed by atoms with E-state index in [1.807, 2.05) is 24.3 Å². The van der Waals surface area contributed by atoms with Crippen molar-refractivity contribution in [3.63, 3.8) is 0 Å². The van der Waals surface area contributed by atoms with Gasteiger partial charge in [0.05, 0.1) is 0 Å². The zero-order valence-corrected chi connectivity index (χ0v) is 8.18. The van der Waals surface area contributed by atoms with Crippen LogP contribution in [0.2, 0.25) is 0 Å². The van der Waals surface area contributed by atoms with Crippen LogP contribution in [-0.2, 0) is 6.42 Å². The molecule has 0 radical (unpaired) electrons. The van der Waals surface area contributed by atoms with Gasteiger partial charge in [0, 0.05) is 6.54 Å². The standard InChI is InChI=1S/C11H16FN/c1-3-9-4-6-10(7-5-9)11(12)8-13-2/h4-7,11,13H,3,8H2,1-2H3. The average molecular weight is 181 g/mol. The van der Waals surface area contributed by atoms with Crippen molar-refractivity contribution in [1.82, 2.24) is 5.32 Å². The van der Waals surface area contributed by atoms with Crippen molar-refractivity contribution in [3.05, 3.63) is 35.4 Å². The highest BCUT2D eigenvalue weighted by atomic mass is 19.1. The van der Waals surface area contributed by atoms with Crippen molar-refractivity contribution in [1.29, 1.82) is 0 Å². The summed E-state index contributed by atoms with van der Waals surface area (Å²) in [6.07, 6.45) is 0.111. The number of rotatable bonds is 4. The Morgan fingerprint density at radius 1 is 1.31 bits per heavy atom. The lowest BCUT2D eigenvalue weighted by atomic mass is 10.1.